The van der Waals surface area contributed by atoms with Gasteiger partial charge in [0.2, 0.25) is 0 Å². The minimum atomic E-state index is -4.35. The summed E-state index contributed by atoms with van der Waals surface area (Å²) in [5.41, 5.74) is 1.49. The SMILES string of the molecule is COc1cc(C(=O)O)ccc1NCC#Cc1cc2c(N[C@@H]3CC[C@@H]4CC[C@H]3N4C)nccn2c1[Se]C(F)(F)F. The van der Waals surface area contributed by atoms with Crippen LogP contribution in [0.1, 0.15) is 41.6 Å². The van der Waals surface area contributed by atoms with E-state index < -0.39 is 26.0 Å². The number of nitrogens with zero attached hydrogens (tertiary/aromatic N) is 3. The second-order valence-electron chi connectivity index (χ2n) is 9.61. The first-order valence-electron chi connectivity index (χ1n) is 12.5. The summed E-state index contributed by atoms with van der Waals surface area (Å²) in [5.74, 6) is 5.63. The molecule has 2 fully saturated rings. The van der Waals surface area contributed by atoms with E-state index in [9.17, 15) is 18.0 Å². The minimum absolute atomic E-state index is 0.0775. The molecule has 39 heavy (non-hydrogen) atoms. The van der Waals surface area contributed by atoms with E-state index in [1.165, 1.54) is 31.9 Å². The normalized spacial score (nSPS) is 20.9. The number of benzene rings is 1. The molecule has 0 saturated carbocycles. The fourth-order valence-electron chi connectivity index (χ4n) is 5.52. The molecule has 2 bridgehead atoms. The summed E-state index contributed by atoms with van der Waals surface area (Å²) < 4.78 is 47.7. The molecule has 0 amide bonds. The first kappa shape index (κ1) is 27.2. The molecule has 206 valence electrons. The number of methoxy groups -OCH3 is 1. The number of alkyl halides is 3. The van der Waals surface area contributed by atoms with Crippen LogP contribution in [0.5, 0.6) is 5.75 Å². The fourth-order valence-corrected chi connectivity index (χ4v) is 6.99. The summed E-state index contributed by atoms with van der Waals surface area (Å²) in [7, 11) is 3.56. The Hall–Kier alpha value is -3.39. The van der Waals surface area contributed by atoms with Gasteiger partial charge in [0, 0.05) is 0 Å². The molecule has 3 N–H and O–H groups in total. The average molecular weight is 607 g/mol. The van der Waals surface area contributed by atoms with Gasteiger partial charge in [0.15, 0.2) is 0 Å². The van der Waals surface area contributed by atoms with Crippen molar-refractivity contribution in [1.82, 2.24) is 14.3 Å². The van der Waals surface area contributed by atoms with Crippen molar-refractivity contribution in [2.75, 3.05) is 31.3 Å². The molecule has 2 aliphatic heterocycles. The van der Waals surface area contributed by atoms with Crippen LogP contribution in [0.3, 0.4) is 0 Å². The van der Waals surface area contributed by atoms with Crippen LogP contribution in [0.2, 0.25) is 0 Å². The Morgan fingerprint density at radius 2 is 2.05 bits per heavy atom. The quantitative estimate of drug-likeness (QED) is 0.281. The third-order valence-electron chi connectivity index (χ3n) is 7.40. The summed E-state index contributed by atoms with van der Waals surface area (Å²) >= 11 is -1.81. The Kier molecular flexibility index (Phi) is 7.67. The maximum atomic E-state index is 13.6. The van der Waals surface area contributed by atoms with Crippen molar-refractivity contribution in [3.05, 3.63) is 47.8 Å². The van der Waals surface area contributed by atoms with Crippen molar-refractivity contribution >= 4 is 42.5 Å². The van der Waals surface area contributed by atoms with Crippen LogP contribution in [-0.2, 0) is 0 Å². The molecule has 2 saturated heterocycles. The second kappa shape index (κ2) is 11.0. The molecule has 3 aromatic rings. The number of likely N-dealkylation sites (N-methyl/N-ethyl adjacent to an activating group) is 1. The number of carbonyl (C=O) groups is 1. The number of hydrogen-bond donors (Lipinski definition) is 3. The number of rotatable bonds is 7. The topological polar surface area (TPSA) is 91.1 Å². The van der Waals surface area contributed by atoms with Gasteiger partial charge in [-0.3, -0.25) is 0 Å². The van der Waals surface area contributed by atoms with Crippen LogP contribution in [-0.4, -0.2) is 84.2 Å². The summed E-state index contributed by atoms with van der Waals surface area (Å²) in [4.78, 5) is 18.1. The van der Waals surface area contributed by atoms with Gasteiger partial charge in [0.1, 0.15) is 0 Å². The van der Waals surface area contributed by atoms with Crippen LogP contribution in [0, 0.1) is 11.8 Å². The van der Waals surface area contributed by atoms with E-state index in [2.05, 4.69) is 39.4 Å². The van der Waals surface area contributed by atoms with Crippen molar-refractivity contribution in [1.29, 1.82) is 0 Å². The number of carboxylic acids is 1. The van der Waals surface area contributed by atoms with E-state index in [0.717, 1.165) is 19.3 Å². The van der Waals surface area contributed by atoms with Gasteiger partial charge in [-0.15, -0.1) is 0 Å². The van der Waals surface area contributed by atoms with Gasteiger partial charge in [-0.1, -0.05) is 0 Å². The van der Waals surface area contributed by atoms with Gasteiger partial charge in [0.25, 0.3) is 0 Å². The van der Waals surface area contributed by atoms with E-state index in [1.54, 1.807) is 22.7 Å². The van der Waals surface area contributed by atoms with Crippen molar-refractivity contribution in [2.45, 2.75) is 48.9 Å². The molecule has 0 spiro atoms. The third kappa shape index (κ3) is 5.81. The third-order valence-corrected chi connectivity index (χ3v) is 9.16. The monoisotopic (exact) mass is 607 g/mol. The van der Waals surface area contributed by atoms with Gasteiger partial charge >= 0.3 is 230 Å². The summed E-state index contributed by atoms with van der Waals surface area (Å²) in [5, 5.41) is 11.4. The molecule has 0 radical (unpaired) electrons. The Balaban J connectivity index is 1.41. The molecule has 4 heterocycles. The molecule has 3 atom stereocenters. The summed E-state index contributed by atoms with van der Waals surface area (Å²) in [6.07, 6.45) is 7.44. The zero-order chi connectivity index (χ0) is 27.7. The number of carboxylic acid groups (broad SMARTS) is 1. The molecule has 2 aliphatic rings. The van der Waals surface area contributed by atoms with E-state index >= 15 is 0 Å². The molecule has 8 nitrogen and oxygen atoms in total. The zero-order valence-corrected chi connectivity index (χ0v) is 23.1. The molecule has 2 aromatic heterocycles. The summed E-state index contributed by atoms with van der Waals surface area (Å²) in [6, 6.07) is 7.23. The van der Waals surface area contributed by atoms with Gasteiger partial charge in [0.05, 0.1) is 0 Å². The van der Waals surface area contributed by atoms with Crippen molar-refractivity contribution in [3.8, 4) is 17.6 Å². The Bertz CT molecular complexity index is 1450. The first-order chi connectivity index (χ1) is 18.6. The van der Waals surface area contributed by atoms with E-state index in [-0.39, 0.29) is 22.7 Å². The Morgan fingerprint density at radius 1 is 1.26 bits per heavy atom. The van der Waals surface area contributed by atoms with Crippen LogP contribution >= 0.6 is 0 Å². The number of hydrogen-bond acceptors (Lipinski definition) is 6. The standard InChI is InChI=1S/C27H28F3N5O3Se/c1-34-18-6-9-19(21(34)10-7-18)33-24-22-14-16(25(39-27(28,29)30)35(22)13-12-32-24)4-3-11-31-20-8-5-17(26(36)37)15-23(20)38-2/h5,8,12-15,18-19,21,31H,6-7,9-11H2,1-2H3,(H,32,33)(H,36,37)/t18-,19-,21-/m1/s1. The summed E-state index contributed by atoms with van der Waals surface area (Å²) in [6.45, 7) is 0.119. The molecular formula is C27H28F3N5O3Se. The Labute approximate surface area is 230 Å². The average Bonchev–Trinajstić information content (AvgIpc) is 3.34. The molecule has 0 aliphatic carbocycles. The van der Waals surface area contributed by atoms with Crippen LogP contribution < -0.4 is 20.0 Å². The van der Waals surface area contributed by atoms with Crippen LogP contribution in [0.25, 0.3) is 5.52 Å². The molecule has 5 rings (SSSR count). The van der Waals surface area contributed by atoms with E-state index in [0.29, 0.717) is 40.4 Å². The van der Waals surface area contributed by atoms with Crippen molar-refractivity contribution in [3.63, 3.8) is 0 Å². The zero-order valence-electron chi connectivity index (χ0n) is 21.4. The van der Waals surface area contributed by atoms with Gasteiger partial charge in [-0.2, -0.15) is 0 Å². The maximum absolute atomic E-state index is 13.6. The van der Waals surface area contributed by atoms with E-state index in [1.807, 2.05) is 0 Å². The Morgan fingerprint density at radius 3 is 2.79 bits per heavy atom. The number of aromatic nitrogens is 2. The number of anilines is 2. The number of piperidine rings is 1. The van der Waals surface area contributed by atoms with Gasteiger partial charge < -0.3 is 0 Å². The first-order valence-corrected chi connectivity index (χ1v) is 14.2. The second-order valence-corrected chi connectivity index (χ2v) is 11.8. The number of aromatic carboxylic acids is 1. The van der Waals surface area contributed by atoms with Crippen LogP contribution in [0.4, 0.5) is 24.7 Å². The molecular weight excluding hydrogens is 578 g/mol. The molecule has 1 aromatic carbocycles. The van der Waals surface area contributed by atoms with Crippen molar-refractivity contribution in [2.24, 2.45) is 0 Å². The van der Waals surface area contributed by atoms with Crippen LogP contribution in [0.15, 0.2) is 36.7 Å². The van der Waals surface area contributed by atoms with E-state index in [4.69, 9.17) is 9.84 Å². The number of nitrogens with one attached hydrogen (secondary N) is 2. The number of fused-ring (bicyclic) bond motifs is 3. The molecule has 12 heteroatoms. The van der Waals surface area contributed by atoms with Crippen molar-refractivity contribution < 1.29 is 27.8 Å². The number of halogens is 3. The number of ether oxygens (including phenoxy) is 1. The predicted molar refractivity (Wildman–Crippen MR) is 143 cm³/mol. The predicted octanol–water partition coefficient (Wildman–Crippen LogP) is 3.39. The fraction of sp³-hybridized carbons (Fsp3) is 0.407. The van der Waals surface area contributed by atoms with Gasteiger partial charge in [-0.25, -0.2) is 0 Å². The van der Waals surface area contributed by atoms with Gasteiger partial charge in [-0.05, 0) is 0 Å². The molecule has 0 unspecified atom stereocenters.